The number of carbonyl (C=O) groups is 1. The lowest BCUT2D eigenvalue weighted by atomic mass is 10.0. The number of para-hydroxylation sites is 1. The number of fused-ring (bicyclic) bond motifs is 3. The zero-order chi connectivity index (χ0) is 17.4. The summed E-state index contributed by atoms with van der Waals surface area (Å²) in [5.74, 6) is -1.01. The van der Waals surface area contributed by atoms with Gasteiger partial charge in [-0.1, -0.05) is 36.4 Å². The van der Waals surface area contributed by atoms with E-state index in [0.29, 0.717) is 18.7 Å². The lowest BCUT2D eigenvalue weighted by Gasteiger charge is -2.28. The van der Waals surface area contributed by atoms with Gasteiger partial charge in [-0.2, -0.15) is 0 Å². The minimum atomic E-state index is -0.836. The molecule has 2 heterocycles. The Hall–Kier alpha value is -2.66. The number of hydrogen-bond donors (Lipinski definition) is 1. The summed E-state index contributed by atoms with van der Waals surface area (Å²) < 4.78 is 15.9. The van der Waals surface area contributed by atoms with Crippen LogP contribution < -0.4 is 0 Å². The zero-order valence-corrected chi connectivity index (χ0v) is 13.8. The van der Waals surface area contributed by atoms with E-state index in [0.717, 1.165) is 29.6 Å². The quantitative estimate of drug-likeness (QED) is 0.793. The Morgan fingerprint density at radius 3 is 2.68 bits per heavy atom. The highest BCUT2D eigenvalue weighted by atomic mass is 19.1. The van der Waals surface area contributed by atoms with Gasteiger partial charge in [-0.3, -0.25) is 9.69 Å². The number of carboxylic acid groups (broad SMARTS) is 1. The van der Waals surface area contributed by atoms with Crippen LogP contribution in [0.3, 0.4) is 0 Å². The highest BCUT2D eigenvalue weighted by Crippen LogP contribution is 2.31. The number of halogens is 1. The fourth-order valence-corrected chi connectivity index (χ4v) is 3.78. The second-order valence-corrected chi connectivity index (χ2v) is 6.47. The average molecular weight is 338 g/mol. The molecule has 0 amide bonds. The van der Waals surface area contributed by atoms with E-state index >= 15 is 0 Å². The van der Waals surface area contributed by atoms with Crippen molar-refractivity contribution in [1.82, 2.24) is 9.47 Å². The number of nitrogens with zero attached hydrogens (tertiary/aromatic N) is 2. The van der Waals surface area contributed by atoms with Gasteiger partial charge in [-0.25, -0.2) is 4.39 Å². The van der Waals surface area contributed by atoms with Gasteiger partial charge >= 0.3 is 5.97 Å². The molecule has 1 aromatic heterocycles. The van der Waals surface area contributed by atoms with Gasteiger partial charge in [0, 0.05) is 48.2 Å². The third-order valence-electron chi connectivity index (χ3n) is 4.89. The molecule has 2 aromatic carbocycles. The molecule has 0 saturated carbocycles. The van der Waals surface area contributed by atoms with E-state index in [4.69, 9.17) is 0 Å². The van der Waals surface area contributed by atoms with Crippen molar-refractivity contribution in [2.75, 3.05) is 6.54 Å². The Balaban J connectivity index is 1.69. The molecule has 0 bridgehead atoms. The fourth-order valence-electron chi connectivity index (χ4n) is 3.78. The van der Waals surface area contributed by atoms with E-state index in [1.165, 1.54) is 11.6 Å². The maximum absolute atomic E-state index is 13.9. The van der Waals surface area contributed by atoms with Crippen LogP contribution in [0, 0.1) is 5.82 Å². The molecule has 0 atom stereocenters. The minimum Gasteiger partial charge on any atom is -0.480 e. The van der Waals surface area contributed by atoms with Gasteiger partial charge < -0.3 is 9.67 Å². The van der Waals surface area contributed by atoms with E-state index in [1.807, 2.05) is 41.0 Å². The number of aliphatic carboxylic acids is 1. The van der Waals surface area contributed by atoms with Gasteiger partial charge in [0.05, 0.1) is 0 Å². The van der Waals surface area contributed by atoms with Crippen molar-refractivity contribution in [3.8, 4) is 0 Å². The lowest BCUT2D eigenvalue weighted by molar-refractivity contribution is -0.137. The fraction of sp³-hybridized carbons (Fsp3) is 0.250. The van der Waals surface area contributed by atoms with E-state index in [2.05, 4.69) is 4.90 Å². The topological polar surface area (TPSA) is 45.5 Å². The molecule has 5 heteroatoms. The van der Waals surface area contributed by atoms with E-state index in [9.17, 15) is 14.3 Å². The molecule has 1 aliphatic rings. The summed E-state index contributed by atoms with van der Waals surface area (Å²) >= 11 is 0. The monoisotopic (exact) mass is 338 g/mol. The maximum atomic E-state index is 13.9. The van der Waals surface area contributed by atoms with Crippen molar-refractivity contribution in [2.45, 2.75) is 26.1 Å². The molecular formula is C20H19FN2O2. The van der Waals surface area contributed by atoms with Gasteiger partial charge in [0.2, 0.25) is 0 Å². The Bertz CT molecular complexity index is 948. The summed E-state index contributed by atoms with van der Waals surface area (Å²) in [5.41, 5.74) is 3.91. The van der Waals surface area contributed by atoms with Crippen molar-refractivity contribution >= 4 is 16.9 Å². The first kappa shape index (κ1) is 15.8. The Morgan fingerprint density at radius 1 is 1.12 bits per heavy atom. The molecule has 0 fully saturated rings. The molecule has 1 aliphatic heterocycles. The van der Waals surface area contributed by atoms with Gasteiger partial charge in [0.1, 0.15) is 12.4 Å². The molecule has 0 aliphatic carbocycles. The van der Waals surface area contributed by atoms with Crippen LogP contribution in [0.1, 0.15) is 16.8 Å². The number of hydrogen-bond acceptors (Lipinski definition) is 2. The third-order valence-corrected chi connectivity index (χ3v) is 4.89. The Kier molecular flexibility index (Phi) is 4.01. The molecule has 0 spiro atoms. The van der Waals surface area contributed by atoms with Gasteiger partial charge in [0.25, 0.3) is 0 Å². The molecule has 0 radical (unpaired) electrons. The largest absolute Gasteiger partial charge is 0.480 e. The van der Waals surface area contributed by atoms with Crippen molar-refractivity contribution in [3.05, 3.63) is 71.2 Å². The van der Waals surface area contributed by atoms with E-state index in [1.54, 1.807) is 6.07 Å². The normalized spacial score (nSPS) is 14.6. The number of rotatable bonds is 4. The molecular weight excluding hydrogens is 319 g/mol. The first-order valence-electron chi connectivity index (χ1n) is 8.40. The highest BCUT2D eigenvalue weighted by molar-refractivity contribution is 5.87. The molecule has 128 valence electrons. The van der Waals surface area contributed by atoms with Crippen molar-refractivity contribution in [3.63, 3.8) is 0 Å². The summed E-state index contributed by atoms with van der Waals surface area (Å²) in [7, 11) is 0. The first-order valence-corrected chi connectivity index (χ1v) is 8.40. The van der Waals surface area contributed by atoms with E-state index in [-0.39, 0.29) is 12.4 Å². The zero-order valence-electron chi connectivity index (χ0n) is 13.8. The summed E-state index contributed by atoms with van der Waals surface area (Å²) in [6.07, 6.45) is 0.770. The Labute approximate surface area is 145 Å². The predicted molar refractivity (Wildman–Crippen MR) is 93.8 cm³/mol. The van der Waals surface area contributed by atoms with Crippen LogP contribution in [-0.2, 0) is 30.8 Å². The summed E-state index contributed by atoms with van der Waals surface area (Å²) in [6, 6.07) is 14.8. The van der Waals surface area contributed by atoms with Crippen LogP contribution in [0.5, 0.6) is 0 Å². The molecule has 0 unspecified atom stereocenters. The van der Waals surface area contributed by atoms with Gasteiger partial charge in [0.15, 0.2) is 0 Å². The summed E-state index contributed by atoms with van der Waals surface area (Å²) in [6.45, 7) is 2.03. The summed E-state index contributed by atoms with van der Waals surface area (Å²) in [5, 5.41) is 10.3. The van der Waals surface area contributed by atoms with Crippen LogP contribution >= 0.6 is 0 Å². The molecule has 1 N–H and O–H groups in total. The molecule has 0 saturated heterocycles. The van der Waals surface area contributed by atoms with Crippen molar-refractivity contribution in [1.29, 1.82) is 0 Å². The molecule has 4 rings (SSSR count). The average Bonchev–Trinajstić information content (AvgIpc) is 2.90. The van der Waals surface area contributed by atoms with Crippen molar-refractivity contribution < 1.29 is 14.3 Å². The number of carboxylic acids is 1. The van der Waals surface area contributed by atoms with Crippen LogP contribution in [0.15, 0.2) is 48.5 Å². The van der Waals surface area contributed by atoms with Gasteiger partial charge in [-0.15, -0.1) is 0 Å². The number of benzene rings is 2. The minimum absolute atomic E-state index is 0.0246. The highest BCUT2D eigenvalue weighted by Gasteiger charge is 2.25. The second kappa shape index (κ2) is 6.33. The predicted octanol–water partition coefficient (Wildman–Crippen LogP) is 3.42. The van der Waals surface area contributed by atoms with Gasteiger partial charge in [-0.05, 0) is 17.7 Å². The second-order valence-electron chi connectivity index (χ2n) is 6.47. The third kappa shape index (κ3) is 2.91. The molecule has 25 heavy (non-hydrogen) atoms. The van der Waals surface area contributed by atoms with Crippen molar-refractivity contribution in [2.24, 2.45) is 0 Å². The maximum Gasteiger partial charge on any atom is 0.323 e. The Morgan fingerprint density at radius 2 is 1.88 bits per heavy atom. The SMILES string of the molecule is O=C(O)Cn1c2c(c3ccccc31)CN(Cc1ccccc1F)CC2. The van der Waals surface area contributed by atoms with Crippen LogP contribution in [0.2, 0.25) is 0 Å². The standard InChI is InChI=1S/C20H19FN2O2/c21-17-7-3-1-5-14(17)11-22-10-9-19-16(12-22)15-6-2-4-8-18(15)23(19)13-20(24)25/h1-8H,9-13H2,(H,24,25). The summed E-state index contributed by atoms with van der Waals surface area (Å²) in [4.78, 5) is 13.5. The van der Waals surface area contributed by atoms with Crippen LogP contribution in [0.25, 0.3) is 10.9 Å². The molecule has 3 aromatic rings. The number of aromatic nitrogens is 1. The lowest BCUT2D eigenvalue weighted by Crippen LogP contribution is -2.31. The smallest absolute Gasteiger partial charge is 0.323 e. The van der Waals surface area contributed by atoms with Crippen LogP contribution in [0.4, 0.5) is 4.39 Å². The van der Waals surface area contributed by atoms with E-state index < -0.39 is 5.97 Å². The first-order chi connectivity index (χ1) is 12.1. The van der Waals surface area contributed by atoms with Crippen LogP contribution in [-0.4, -0.2) is 27.1 Å². The molecule has 4 nitrogen and oxygen atoms in total.